The summed E-state index contributed by atoms with van der Waals surface area (Å²) in [6.45, 7) is 5.67. The summed E-state index contributed by atoms with van der Waals surface area (Å²) in [6, 6.07) is 1.25. The van der Waals surface area contributed by atoms with E-state index < -0.39 is 35.6 Å². The Balaban J connectivity index is 1.53. The Hall–Kier alpha value is -3.23. The first-order valence-electron chi connectivity index (χ1n) is 12.2. The fourth-order valence-corrected chi connectivity index (χ4v) is 5.59. The summed E-state index contributed by atoms with van der Waals surface area (Å²) >= 11 is 0. The van der Waals surface area contributed by atoms with Crippen molar-refractivity contribution in [3.63, 3.8) is 0 Å². The van der Waals surface area contributed by atoms with Crippen molar-refractivity contribution in [2.75, 3.05) is 72.7 Å². The van der Waals surface area contributed by atoms with Crippen LogP contribution in [0, 0.1) is 5.92 Å². The number of esters is 1. The molecule has 1 N–H and O–H groups in total. The van der Waals surface area contributed by atoms with Gasteiger partial charge in [0.15, 0.2) is 5.82 Å². The largest absolute Gasteiger partial charge is 0.490 e. The molecule has 0 aromatic carbocycles. The van der Waals surface area contributed by atoms with Gasteiger partial charge in [-0.25, -0.2) is 9.78 Å². The van der Waals surface area contributed by atoms with Crippen LogP contribution in [0.2, 0.25) is 0 Å². The second kappa shape index (κ2) is 11.3. The Labute approximate surface area is 221 Å². The number of rotatable bonds is 8. The summed E-state index contributed by atoms with van der Waals surface area (Å²) in [6.07, 6.45) is -2.90. The molecular weight excluding hydrogens is 525 g/mol. The van der Waals surface area contributed by atoms with Crippen molar-refractivity contribution in [1.29, 1.82) is 0 Å². The molecule has 0 saturated carbocycles. The number of fused-ring (bicyclic) bond motifs is 1. The van der Waals surface area contributed by atoms with Crippen LogP contribution in [0.25, 0.3) is 0 Å². The van der Waals surface area contributed by atoms with Gasteiger partial charge in [-0.1, -0.05) is 13.8 Å². The number of nitrogens with zero attached hydrogens (tertiary/aromatic N) is 7. The maximum absolute atomic E-state index is 12.7. The van der Waals surface area contributed by atoms with Crippen LogP contribution < -0.4 is 20.0 Å². The first kappa shape index (κ1) is 27.8. The molecule has 4 heterocycles. The highest BCUT2D eigenvalue weighted by Gasteiger charge is 2.41. The summed E-state index contributed by atoms with van der Waals surface area (Å²) in [7, 11) is 2.49. The van der Waals surface area contributed by atoms with Gasteiger partial charge in [0.05, 0.1) is 34.4 Å². The highest BCUT2D eigenvalue weighted by molar-refractivity contribution is 7.85. The van der Waals surface area contributed by atoms with E-state index in [9.17, 15) is 22.2 Å². The van der Waals surface area contributed by atoms with Crippen LogP contribution in [0.1, 0.15) is 19.5 Å². The standard InChI is InChI=1S/C23H31F3N8O3S/c1-14(2)16(13-37-21(35)23(24,25)26)28-19-18-15(6-12-38(18)36)29-22(30-19)34-10-8-33(9-11-34)17-5-7-27-31-20(17)32(3)4/h5,7,14,16H,6,8-13H2,1-4H3,(H,28,29,30)/t16-,38?/m0/s1. The number of anilines is 4. The van der Waals surface area contributed by atoms with E-state index in [4.69, 9.17) is 0 Å². The van der Waals surface area contributed by atoms with Crippen molar-refractivity contribution in [2.24, 2.45) is 5.92 Å². The van der Waals surface area contributed by atoms with Gasteiger partial charge >= 0.3 is 12.1 Å². The molecule has 1 fully saturated rings. The number of nitrogens with one attached hydrogen (secondary N) is 1. The zero-order chi connectivity index (χ0) is 27.6. The number of ether oxygens (including phenoxy) is 1. The first-order chi connectivity index (χ1) is 18.0. The summed E-state index contributed by atoms with van der Waals surface area (Å²) in [5.41, 5.74) is 1.63. The van der Waals surface area contributed by atoms with Gasteiger partial charge in [-0.15, -0.1) is 5.10 Å². The van der Waals surface area contributed by atoms with E-state index in [1.54, 1.807) is 20.0 Å². The number of aromatic nitrogens is 4. The van der Waals surface area contributed by atoms with Gasteiger partial charge < -0.3 is 24.8 Å². The SMILES string of the molecule is CC(C)[C@H](COC(=O)C(F)(F)F)Nc1nc(N2CCN(c3ccnnc3N(C)C)CC2)nc2c1S(=O)CC2. The molecule has 2 aliphatic heterocycles. The zero-order valence-corrected chi connectivity index (χ0v) is 22.5. The smallest absolute Gasteiger partial charge is 0.457 e. The third-order valence-electron chi connectivity index (χ3n) is 6.44. The van der Waals surface area contributed by atoms with Crippen molar-refractivity contribution >= 4 is 40.0 Å². The van der Waals surface area contributed by atoms with Gasteiger partial charge in [0.1, 0.15) is 17.3 Å². The van der Waals surface area contributed by atoms with Crippen molar-refractivity contribution in [3.05, 3.63) is 18.0 Å². The molecule has 15 heteroatoms. The van der Waals surface area contributed by atoms with Gasteiger partial charge in [-0.05, 0) is 12.0 Å². The maximum Gasteiger partial charge on any atom is 0.490 e. The minimum absolute atomic E-state index is 0.205. The molecule has 0 aliphatic carbocycles. The highest BCUT2D eigenvalue weighted by atomic mass is 32.2. The van der Waals surface area contributed by atoms with Gasteiger partial charge in [-0.2, -0.15) is 23.3 Å². The van der Waals surface area contributed by atoms with Crippen LogP contribution >= 0.6 is 0 Å². The number of aryl methyl sites for hydroxylation is 1. The first-order valence-corrected chi connectivity index (χ1v) is 13.6. The number of halogens is 3. The molecule has 38 heavy (non-hydrogen) atoms. The van der Waals surface area contributed by atoms with Crippen LogP contribution in [0.5, 0.6) is 0 Å². The molecular formula is C23H31F3N8O3S. The van der Waals surface area contributed by atoms with Gasteiger partial charge in [0.2, 0.25) is 5.95 Å². The van der Waals surface area contributed by atoms with Crippen molar-refractivity contribution in [2.45, 2.75) is 37.4 Å². The average molecular weight is 557 g/mol. The molecule has 1 saturated heterocycles. The van der Waals surface area contributed by atoms with Gasteiger partial charge in [0, 0.05) is 52.4 Å². The average Bonchev–Trinajstić information content (AvgIpc) is 3.26. The van der Waals surface area contributed by atoms with Gasteiger partial charge in [0.25, 0.3) is 0 Å². The maximum atomic E-state index is 12.7. The summed E-state index contributed by atoms with van der Waals surface area (Å²) in [4.78, 5) is 27.2. The number of hydrogen-bond donors (Lipinski definition) is 1. The monoisotopic (exact) mass is 556 g/mol. The topological polar surface area (TPSA) is 117 Å². The molecule has 2 aromatic heterocycles. The van der Waals surface area contributed by atoms with E-state index in [-0.39, 0.29) is 5.92 Å². The Morgan fingerprint density at radius 2 is 1.87 bits per heavy atom. The Morgan fingerprint density at radius 3 is 2.50 bits per heavy atom. The minimum atomic E-state index is -5.08. The van der Waals surface area contributed by atoms with E-state index in [1.165, 1.54) is 0 Å². The second-order valence-electron chi connectivity index (χ2n) is 9.65. The lowest BCUT2D eigenvalue weighted by molar-refractivity contribution is -0.200. The van der Waals surface area contributed by atoms with Crippen molar-refractivity contribution < 1.29 is 26.9 Å². The minimum Gasteiger partial charge on any atom is -0.457 e. The van der Waals surface area contributed by atoms with Crippen molar-refractivity contribution in [1.82, 2.24) is 20.2 Å². The molecule has 0 spiro atoms. The molecule has 0 radical (unpaired) electrons. The van der Waals surface area contributed by atoms with Crippen molar-refractivity contribution in [3.8, 4) is 0 Å². The lowest BCUT2D eigenvalue weighted by atomic mass is 10.1. The van der Waals surface area contributed by atoms with Crippen LogP contribution in [0.3, 0.4) is 0 Å². The van der Waals surface area contributed by atoms with E-state index >= 15 is 0 Å². The van der Waals surface area contributed by atoms with Crippen LogP contribution in [-0.2, 0) is 26.8 Å². The van der Waals surface area contributed by atoms with Crippen LogP contribution in [0.15, 0.2) is 17.2 Å². The van der Waals surface area contributed by atoms with E-state index in [0.29, 0.717) is 60.7 Å². The fourth-order valence-electron chi connectivity index (χ4n) is 4.28. The van der Waals surface area contributed by atoms with Crippen LogP contribution in [-0.4, -0.2) is 95.2 Å². The summed E-state index contributed by atoms with van der Waals surface area (Å²) in [5, 5.41) is 11.3. The predicted molar refractivity (Wildman–Crippen MR) is 137 cm³/mol. The quantitative estimate of drug-likeness (QED) is 0.480. The Bertz CT molecular complexity index is 1190. The van der Waals surface area contributed by atoms with Gasteiger partial charge in [-0.3, -0.25) is 4.21 Å². The number of carbonyl (C=O) groups excluding carboxylic acids is 1. The predicted octanol–water partition coefficient (Wildman–Crippen LogP) is 1.86. The number of piperazine rings is 1. The molecule has 11 nitrogen and oxygen atoms in total. The molecule has 0 bridgehead atoms. The Morgan fingerprint density at radius 1 is 1.18 bits per heavy atom. The molecule has 208 valence electrons. The molecule has 0 amide bonds. The third kappa shape index (κ3) is 6.08. The third-order valence-corrected chi connectivity index (χ3v) is 7.89. The fraction of sp³-hybridized carbons (Fsp3) is 0.609. The lowest BCUT2D eigenvalue weighted by Gasteiger charge is -2.37. The Kier molecular flexibility index (Phi) is 8.23. The molecule has 2 atom stereocenters. The normalized spacial score (nSPS) is 18.4. The number of hydrogen-bond acceptors (Lipinski definition) is 11. The summed E-state index contributed by atoms with van der Waals surface area (Å²) < 4.78 is 55.2. The molecule has 2 aliphatic rings. The second-order valence-corrected chi connectivity index (χ2v) is 11.2. The van der Waals surface area contributed by atoms with E-state index in [2.05, 4.69) is 35.1 Å². The molecule has 1 unspecified atom stereocenters. The van der Waals surface area contributed by atoms with Crippen LogP contribution in [0.4, 0.5) is 36.4 Å². The highest BCUT2D eigenvalue weighted by Crippen LogP contribution is 2.32. The summed E-state index contributed by atoms with van der Waals surface area (Å²) in [5.74, 6) is -0.522. The number of alkyl halides is 3. The zero-order valence-electron chi connectivity index (χ0n) is 21.7. The molecule has 4 rings (SSSR count). The van der Waals surface area contributed by atoms with E-state index in [1.807, 2.05) is 30.0 Å². The molecule has 2 aromatic rings. The lowest BCUT2D eigenvalue weighted by Crippen LogP contribution is -2.47. The number of carbonyl (C=O) groups is 1. The van der Waals surface area contributed by atoms with E-state index in [0.717, 1.165) is 11.5 Å².